The molecule has 0 saturated heterocycles. The van der Waals surface area contributed by atoms with E-state index in [0.29, 0.717) is 6.20 Å². The maximum Gasteiger partial charge on any atom is 0.417 e. The van der Waals surface area contributed by atoms with Crippen LogP contribution < -0.4 is 4.90 Å². The SMILES string of the molecule is CCCN(CCC)c1ccc(N=Nc2ccc(C(F)(F)F)cn2)c(O)c1. The standard InChI is InChI=1S/C18H21F3N4O/c1-3-9-25(10-4-2)14-6-7-15(16(26)11-14)23-24-17-8-5-13(12-22-17)18(19,20)21/h5-8,11-12,26H,3-4,9-10H2,1-2H3. The lowest BCUT2D eigenvalue weighted by molar-refractivity contribution is -0.137. The molecule has 2 aromatic rings. The largest absolute Gasteiger partial charge is 0.506 e. The molecule has 0 fully saturated rings. The fourth-order valence-electron chi connectivity index (χ4n) is 2.42. The lowest BCUT2D eigenvalue weighted by atomic mass is 10.2. The fourth-order valence-corrected chi connectivity index (χ4v) is 2.42. The molecular formula is C18H21F3N4O. The molecule has 0 aliphatic heterocycles. The summed E-state index contributed by atoms with van der Waals surface area (Å²) < 4.78 is 37.5. The first kappa shape index (κ1) is 19.7. The Hall–Kier alpha value is -2.64. The van der Waals surface area contributed by atoms with Crippen molar-refractivity contribution in [2.45, 2.75) is 32.9 Å². The van der Waals surface area contributed by atoms with Crippen molar-refractivity contribution in [3.63, 3.8) is 0 Å². The zero-order valence-electron chi connectivity index (χ0n) is 14.7. The number of hydrogen-bond acceptors (Lipinski definition) is 5. The molecular weight excluding hydrogens is 345 g/mol. The van der Waals surface area contributed by atoms with Crippen molar-refractivity contribution < 1.29 is 18.3 Å². The quantitative estimate of drug-likeness (QED) is 0.626. The molecule has 0 amide bonds. The van der Waals surface area contributed by atoms with Gasteiger partial charge in [-0.05, 0) is 37.1 Å². The molecule has 0 radical (unpaired) electrons. The van der Waals surface area contributed by atoms with E-state index in [-0.39, 0.29) is 17.3 Å². The van der Waals surface area contributed by atoms with Gasteiger partial charge >= 0.3 is 6.18 Å². The number of nitrogens with zero attached hydrogens (tertiary/aromatic N) is 4. The first-order valence-electron chi connectivity index (χ1n) is 8.38. The molecule has 1 N–H and O–H groups in total. The third kappa shape index (κ3) is 5.18. The molecule has 26 heavy (non-hydrogen) atoms. The number of alkyl halides is 3. The van der Waals surface area contributed by atoms with Crippen LogP contribution in [0.25, 0.3) is 0 Å². The van der Waals surface area contributed by atoms with Crippen LogP contribution in [0.2, 0.25) is 0 Å². The van der Waals surface area contributed by atoms with Gasteiger partial charge in [0.15, 0.2) is 5.82 Å². The maximum absolute atomic E-state index is 12.5. The van der Waals surface area contributed by atoms with Gasteiger partial charge < -0.3 is 10.0 Å². The second kappa shape index (κ2) is 8.64. The third-order valence-corrected chi connectivity index (χ3v) is 3.65. The predicted molar refractivity (Wildman–Crippen MR) is 94.3 cm³/mol. The van der Waals surface area contributed by atoms with Crippen LogP contribution in [0.15, 0.2) is 46.8 Å². The van der Waals surface area contributed by atoms with E-state index in [2.05, 4.69) is 34.0 Å². The minimum Gasteiger partial charge on any atom is -0.506 e. The van der Waals surface area contributed by atoms with Crippen LogP contribution in [-0.4, -0.2) is 23.2 Å². The summed E-state index contributed by atoms with van der Waals surface area (Å²) in [7, 11) is 0. The molecule has 2 rings (SSSR count). The van der Waals surface area contributed by atoms with Crippen molar-refractivity contribution in [3.8, 4) is 5.75 Å². The molecule has 0 saturated carbocycles. The van der Waals surface area contributed by atoms with Gasteiger partial charge in [0.2, 0.25) is 0 Å². The van der Waals surface area contributed by atoms with Gasteiger partial charge in [0.25, 0.3) is 0 Å². The van der Waals surface area contributed by atoms with E-state index in [1.54, 1.807) is 12.1 Å². The van der Waals surface area contributed by atoms with Crippen LogP contribution in [0, 0.1) is 0 Å². The number of azo groups is 1. The fraction of sp³-hybridized carbons (Fsp3) is 0.389. The van der Waals surface area contributed by atoms with Crippen LogP contribution in [0.5, 0.6) is 5.75 Å². The molecule has 140 valence electrons. The van der Waals surface area contributed by atoms with Crippen molar-refractivity contribution in [1.82, 2.24) is 4.98 Å². The van der Waals surface area contributed by atoms with Crippen LogP contribution in [-0.2, 0) is 6.18 Å². The van der Waals surface area contributed by atoms with Crippen LogP contribution >= 0.6 is 0 Å². The molecule has 8 heteroatoms. The highest BCUT2D eigenvalue weighted by atomic mass is 19.4. The highest BCUT2D eigenvalue weighted by Gasteiger charge is 2.30. The van der Waals surface area contributed by atoms with Gasteiger partial charge in [0.1, 0.15) is 11.4 Å². The van der Waals surface area contributed by atoms with E-state index in [1.807, 2.05) is 6.07 Å². The zero-order valence-corrected chi connectivity index (χ0v) is 14.7. The van der Waals surface area contributed by atoms with Gasteiger partial charge in [-0.25, -0.2) is 4.98 Å². The lowest BCUT2D eigenvalue weighted by Crippen LogP contribution is -2.24. The number of rotatable bonds is 7. The second-order valence-electron chi connectivity index (χ2n) is 5.76. The summed E-state index contributed by atoms with van der Waals surface area (Å²) in [6.45, 7) is 5.93. The summed E-state index contributed by atoms with van der Waals surface area (Å²) in [6.07, 6.45) is -1.77. The molecule has 1 heterocycles. The Bertz CT molecular complexity index is 739. The van der Waals surface area contributed by atoms with Gasteiger partial charge in [-0.2, -0.15) is 13.2 Å². The molecule has 1 aromatic heterocycles. The number of phenols is 1. The van der Waals surface area contributed by atoms with Gasteiger partial charge in [0, 0.05) is 31.0 Å². The van der Waals surface area contributed by atoms with Crippen molar-refractivity contribution in [2.75, 3.05) is 18.0 Å². The number of aromatic nitrogens is 1. The number of halogens is 3. The topological polar surface area (TPSA) is 61.1 Å². The summed E-state index contributed by atoms with van der Waals surface area (Å²) in [5.41, 5.74) is 0.261. The second-order valence-corrected chi connectivity index (χ2v) is 5.76. The first-order chi connectivity index (χ1) is 12.3. The summed E-state index contributed by atoms with van der Waals surface area (Å²) in [5, 5.41) is 17.8. The van der Waals surface area contributed by atoms with E-state index < -0.39 is 11.7 Å². The summed E-state index contributed by atoms with van der Waals surface area (Å²) in [4.78, 5) is 5.78. The number of pyridine rings is 1. The third-order valence-electron chi connectivity index (χ3n) is 3.65. The Morgan fingerprint density at radius 3 is 2.23 bits per heavy atom. The smallest absolute Gasteiger partial charge is 0.417 e. The van der Waals surface area contributed by atoms with Gasteiger partial charge in [-0.3, -0.25) is 0 Å². The molecule has 0 aliphatic rings. The molecule has 1 aromatic carbocycles. The number of aromatic hydroxyl groups is 1. The van der Waals surface area contributed by atoms with Crippen molar-refractivity contribution in [2.24, 2.45) is 10.2 Å². The zero-order chi connectivity index (χ0) is 19.2. The Morgan fingerprint density at radius 2 is 1.73 bits per heavy atom. The molecule has 0 bridgehead atoms. The highest BCUT2D eigenvalue weighted by molar-refractivity contribution is 5.61. The number of benzene rings is 1. The molecule has 0 atom stereocenters. The van der Waals surface area contributed by atoms with Crippen molar-refractivity contribution >= 4 is 17.2 Å². The van der Waals surface area contributed by atoms with E-state index in [4.69, 9.17) is 0 Å². The number of anilines is 1. The summed E-state index contributed by atoms with van der Waals surface area (Å²) in [5.74, 6) is -0.0181. The van der Waals surface area contributed by atoms with Gasteiger partial charge in [-0.1, -0.05) is 13.8 Å². The minimum atomic E-state index is -4.44. The molecule has 0 unspecified atom stereocenters. The maximum atomic E-state index is 12.5. The van der Waals surface area contributed by atoms with Crippen LogP contribution in [0.4, 0.5) is 30.4 Å². The Morgan fingerprint density at radius 1 is 1.04 bits per heavy atom. The number of hydrogen-bond donors (Lipinski definition) is 1. The van der Waals surface area contributed by atoms with E-state index in [1.165, 1.54) is 0 Å². The minimum absolute atomic E-state index is 0.0278. The van der Waals surface area contributed by atoms with E-state index in [0.717, 1.165) is 43.8 Å². The van der Waals surface area contributed by atoms with Crippen molar-refractivity contribution in [1.29, 1.82) is 0 Å². The Kier molecular flexibility index (Phi) is 6.54. The first-order valence-corrected chi connectivity index (χ1v) is 8.38. The monoisotopic (exact) mass is 366 g/mol. The highest BCUT2D eigenvalue weighted by Crippen LogP contribution is 2.33. The molecule has 0 spiro atoms. The van der Waals surface area contributed by atoms with Gasteiger partial charge in [-0.15, -0.1) is 10.2 Å². The lowest BCUT2D eigenvalue weighted by Gasteiger charge is -2.24. The van der Waals surface area contributed by atoms with Gasteiger partial charge in [0.05, 0.1) is 5.56 Å². The average molecular weight is 366 g/mol. The molecule has 0 aliphatic carbocycles. The number of phenolic OH excluding ortho intramolecular Hbond substituents is 1. The summed E-state index contributed by atoms with van der Waals surface area (Å²) in [6, 6.07) is 7.08. The van der Waals surface area contributed by atoms with Crippen LogP contribution in [0.1, 0.15) is 32.3 Å². The van der Waals surface area contributed by atoms with Crippen LogP contribution in [0.3, 0.4) is 0 Å². The Labute approximate surface area is 150 Å². The predicted octanol–water partition coefficient (Wildman–Crippen LogP) is 5.85. The summed E-state index contributed by atoms with van der Waals surface area (Å²) >= 11 is 0. The Balaban J connectivity index is 2.15. The molecule has 5 nitrogen and oxygen atoms in total. The van der Waals surface area contributed by atoms with E-state index in [9.17, 15) is 18.3 Å². The average Bonchev–Trinajstić information content (AvgIpc) is 2.60. The van der Waals surface area contributed by atoms with Crippen molar-refractivity contribution in [3.05, 3.63) is 42.1 Å². The normalized spacial score (nSPS) is 11.9. The van der Waals surface area contributed by atoms with E-state index >= 15 is 0 Å².